The van der Waals surface area contributed by atoms with Crippen LogP contribution in [-0.4, -0.2) is 12.1 Å². The summed E-state index contributed by atoms with van der Waals surface area (Å²) < 4.78 is 5.03. The highest BCUT2D eigenvalue weighted by Crippen LogP contribution is 2.22. The first-order chi connectivity index (χ1) is 5.69. The van der Waals surface area contributed by atoms with E-state index in [4.69, 9.17) is 16.3 Å². The van der Waals surface area contributed by atoms with Gasteiger partial charge in [0.05, 0.1) is 7.11 Å². The number of pyridine rings is 1. The molecule has 3 heteroatoms. The summed E-state index contributed by atoms with van der Waals surface area (Å²) in [4.78, 5) is 4.11. The molecule has 0 bridgehead atoms. The Hall–Kier alpha value is -0.760. The molecule has 0 amide bonds. The standard InChI is InChI=1S/C9H12ClNO/c1-4-7-5-6(2)9(12-3)11-8(7)10/h5H,4H2,1-3H3. The Kier molecular flexibility index (Phi) is 2.93. The van der Waals surface area contributed by atoms with Gasteiger partial charge < -0.3 is 4.74 Å². The van der Waals surface area contributed by atoms with E-state index >= 15 is 0 Å². The molecule has 1 aromatic rings. The third-order valence-corrected chi connectivity index (χ3v) is 2.09. The van der Waals surface area contributed by atoms with Gasteiger partial charge in [0.25, 0.3) is 0 Å². The van der Waals surface area contributed by atoms with Crippen LogP contribution >= 0.6 is 11.6 Å². The van der Waals surface area contributed by atoms with Crippen molar-refractivity contribution in [3.05, 3.63) is 22.3 Å². The molecule has 1 aromatic heterocycles. The minimum Gasteiger partial charge on any atom is -0.481 e. The predicted octanol–water partition coefficient (Wildman–Crippen LogP) is 2.61. The summed E-state index contributed by atoms with van der Waals surface area (Å²) in [5.41, 5.74) is 2.09. The van der Waals surface area contributed by atoms with E-state index in [9.17, 15) is 0 Å². The molecular formula is C9H12ClNO. The molecule has 0 aliphatic rings. The van der Waals surface area contributed by atoms with Gasteiger partial charge in [-0.15, -0.1) is 0 Å². The van der Waals surface area contributed by atoms with Crippen LogP contribution in [0.1, 0.15) is 18.1 Å². The Morgan fingerprint density at radius 1 is 1.58 bits per heavy atom. The number of ether oxygens (including phenoxy) is 1. The van der Waals surface area contributed by atoms with Gasteiger partial charge in [-0.05, 0) is 25.0 Å². The fourth-order valence-corrected chi connectivity index (χ4v) is 1.35. The molecule has 2 nitrogen and oxygen atoms in total. The lowest BCUT2D eigenvalue weighted by Crippen LogP contribution is -1.95. The first-order valence-electron chi connectivity index (χ1n) is 3.89. The summed E-state index contributed by atoms with van der Waals surface area (Å²) in [6.45, 7) is 4.01. The number of hydrogen-bond acceptors (Lipinski definition) is 2. The molecule has 0 saturated heterocycles. The van der Waals surface area contributed by atoms with Gasteiger partial charge >= 0.3 is 0 Å². The number of aryl methyl sites for hydroxylation is 2. The van der Waals surface area contributed by atoms with E-state index in [1.54, 1.807) is 7.11 Å². The minimum absolute atomic E-state index is 0.542. The fourth-order valence-electron chi connectivity index (χ4n) is 1.09. The molecule has 0 saturated carbocycles. The summed E-state index contributed by atoms with van der Waals surface area (Å²) in [5.74, 6) is 0.609. The maximum atomic E-state index is 5.89. The summed E-state index contributed by atoms with van der Waals surface area (Å²) in [7, 11) is 1.59. The molecule has 0 spiro atoms. The zero-order chi connectivity index (χ0) is 9.14. The van der Waals surface area contributed by atoms with Crippen molar-refractivity contribution in [3.63, 3.8) is 0 Å². The number of halogens is 1. The number of nitrogens with zero attached hydrogens (tertiary/aromatic N) is 1. The van der Waals surface area contributed by atoms with Crippen LogP contribution in [0.4, 0.5) is 0 Å². The summed E-state index contributed by atoms with van der Waals surface area (Å²) in [5, 5.41) is 0.542. The number of hydrogen-bond donors (Lipinski definition) is 0. The molecule has 12 heavy (non-hydrogen) atoms. The summed E-state index contributed by atoms with van der Waals surface area (Å²) in [6.07, 6.45) is 0.899. The van der Waals surface area contributed by atoms with Crippen molar-refractivity contribution in [1.29, 1.82) is 0 Å². The fraction of sp³-hybridized carbons (Fsp3) is 0.444. The number of rotatable bonds is 2. The molecule has 1 heterocycles. The van der Waals surface area contributed by atoms with Crippen LogP contribution in [0.25, 0.3) is 0 Å². The second kappa shape index (κ2) is 3.76. The SMILES string of the molecule is CCc1cc(C)c(OC)nc1Cl. The molecule has 66 valence electrons. The van der Waals surface area contributed by atoms with Crippen molar-refractivity contribution < 1.29 is 4.74 Å². The third-order valence-electron chi connectivity index (χ3n) is 1.77. The van der Waals surface area contributed by atoms with Crippen molar-refractivity contribution in [2.45, 2.75) is 20.3 Å². The van der Waals surface area contributed by atoms with E-state index < -0.39 is 0 Å². The van der Waals surface area contributed by atoms with Crippen molar-refractivity contribution >= 4 is 11.6 Å². The van der Waals surface area contributed by atoms with Gasteiger partial charge in [0.2, 0.25) is 5.88 Å². The van der Waals surface area contributed by atoms with E-state index in [0.717, 1.165) is 17.5 Å². The zero-order valence-corrected chi connectivity index (χ0v) is 8.27. The lowest BCUT2D eigenvalue weighted by molar-refractivity contribution is 0.394. The second-order valence-corrected chi connectivity index (χ2v) is 2.98. The van der Waals surface area contributed by atoms with E-state index in [1.807, 2.05) is 13.0 Å². The lowest BCUT2D eigenvalue weighted by Gasteiger charge is -2.06. The van der Waals surface area contributed by atoms with E-state index in [1.165, 1.54) is 0 Å². The molecule has 0 aliphatic heterocycles. The third kappa shape index (κ3) is 1.69. The van der Waals surface area contributed by atoms with Gasteiger partial charge in [0, 0.05) is 5.56 Å². The maximum absolute atomic E-state index is 5.89. The van der Waals surface area contributed by atoms with Crippen molar-refractivity contribution in [3.8, 4) is 5.88 Å². The van der Waals surface area contributed by atoms with Crippen molar-refractivity contribution in [1.82, 2.24) is 4.98 Å². The topological polar surface area (TPSA) is 22.1 Å². The van der Waals surface area contributed by atoms with Gasteiger partial charge in [-0.2, -0.15) is 0 Å². The van der Waals surface area contributed by atoms with Crippen LogP contribution < -0.4 is 4.74 Å². The lowest BCUT2D eigenvalue weighted by atomic mass is 10.2. The monoisotopic (exact) mass is 185 g/mol. The normalized spacial score (nSPS) is 10.0. The largest absolute Gasteiger partial charge is 0.481 e. The summed E-state index contributed by atoms with van der Waals surface area (Å²) >= 11 is 5.89. The van der Waals surface area contributed by atoms with E-state index in [-0.39, 0.29) is 0 Å². The Labute approximate surface area is 77.5 Å². The van der Waals surface area contributed by atoms with Gasteiger partial charge in [-0.1, -0.05) is 18.5 Å². The molecular weight excluding hydrogens is 174 g/mol. The second-order valence-electron chi connectivity index (χ2n) is 2.62. The molecule has 0 radical (unpaired) electrons. The molecule has 0 atom stereocenters. The predicted molar refractivity (Wildman–Crippen MR) is 49.9 cm³/mol. The Bertz CT molecular complexity index is 256. The van der Waals surface area contributed by atoms with Crippen molar-refractivity contribution in [2.24, 2.45) is 0 Å². The molecule has 0 unspecified atom stereocenters. The van der Waals surface area contributed by atoms with Crippen molar-refractivity contribution in [2.75, 3.05) is 7.11 Å². The molecule has 0 N–H and O–H groups in total. The highest BCUT2D eigenvalue weighted by atomic mass is 35.5. The molecule has 0 aliphatic carbocycles. The maximum Gasteiger partial charge on any atom is 0.217 e. The van der Waals surface area contributed by atoms with Gasteiger partial charge in [-0.3, -0.25) is 0 Å². The van der Waals surface area contributed by atoms with E-state index in [2.05, 4.69) is 11.9 Å². The Morgan fingerprint density at radius 2 is 2.25 bits per heavy atom. The first-order valence-corrected chi connectivity index (χ1v) is 4.26. The average Bonchev–Trinajstić information content (AvgIpc) is 2.08. The molecule has 1 rings (SSSR count). The number of methoxy groups -OCH3 is 1. The van der Waals surface area contributed by atoms with Crippen LogP contribution in [0.2, 0.25) is 5.15 Å². The van der Waals surface area contributed by atoms with Gasteiger partial charge in [-0.25, -0.2) is 4.98 Å². The highest BCUT2D eigenvalue weighted by Gasteiger charge is 2.05. The Balaban J connectivity index is 3.16. The van der Waals surface area contributed by atoms with Crippen LogP contribution in [0.3, 0.4) is 0 Å². The smallest absolute Gasteiger partial charge is 0.217 e. The minimum atomic E-state index is 0.542. The number of aromatic nitrogens is 1. The van der Waals surface area contributed by atoms with Crippen LogP contribution in [0.5, 0.6) is 5.88 Å². The highest BCUT2D eigenvalue weighted by molar-refractivity contribution is 6.30. The van der Waals surface area contributed by atoms with Gasteiger partial charge in [0.15, 0.2) is 0 Å². The molecule has 0 fully saturated rings. The van der Waals surface area contributed by atoms with Crippen LogP contribution in [-0.2, 0) is 6.42 Å². The van der Waals surface area contributed by atoms with Crippen LogP contribution in [0, 0.1) is 6.92 Å². The van der Waals surface area contributed by atoms with E-state index in [0.29, 0.717) is 11.0 Å². The molecule has 0 aromatic carbocycles. The van der Waals surface area contributed by atoms with Crippen LogP contribution in [0.15, 0.2) is 6.07 Å². The average molecular weight is 186 g/mol. The Morgan fingerprint density at radius 3 is 2.75 bits per heavy atom. The van der Waals surface area contributed by atoms with Gasteiger partial charge in [0.1, 0.15) is 5.15 Å². The zero-order valence-electron chi connectivity index (χ0n) is 7.52. The summed E-state index contributed by atoms with van der Waals surface area (Å²) in [6, 6.07) is 2.01. The first kappa shape index (κ1) is 9.33. The quantitative estimate of drug-likeness (QED) is 0.661.